The molecule has 1 aliphatic rings. The van der Waals surface area contributed by atoms with Gasteiger partial charge in [0.2, 0.25) is 0 Å². The average Bonchev–Trinajstić information content (AvgIpc) is 2.79. The number of carboxylic acids is 1. The molecule has 0 bridgehead atoms. The number of carboxylic acid groups (broad SMARTS) is 1. The fourth-order valence-corrected chi connectivity index (χ4v) is 2.33. The van der Waals surface area contributed by atoms with E-state index in [1.807, 2.05) is 18.2 Å². The van der Waals surface area contributed by atoms with Crippen LogP contribution in [0.3, 0.4) is 0 Å². The predicted molar refractivity (Wildman–Crippen MR) is 70.6 cm³/mol. The van der Waals surface area contributed by atoms with E-state index in [1.165, 1.54) is 0 Å². The first-order chi connectivity index (χ1) is 9.22. The number of nitrogens with zero attached hydrogens (tertiary/aromatic N) is 1. The van der Waals surface area contributed by atoms with E-state index >= 15 is 0 Å². The first-order valence-corrected chi connectivity index (χ1v) is 6.29. The summed E-state index contributed by atoms with van der Waals surface area (Å²) in [5.41, 5.74) is 1.83. The normalized spacial score (nSPS) is 15.9. The second kappa shape index (κ2) is 4.93. The lowest BCUT2D eigenvalue weighted by molar-refractivity contribution is -0.136. The molecule has 0 saturated carbocycles. The Morgan fingerprint density at radius 2 is 2.05 bits per heavy atom. The summed E-state index contributed by atoms with van der Waals surface area (Å²) >= 11 is 0. The minimum Gasteiger partial charge on any atom is -0.481 e. The zero-order chi connectivity index (χ0) is 13.2. The number of hydrogen-bond acceptors (Lipinski definition) is 4. The van der Waals surface area contributed by atoms with E-state index in [0.29, 0.717) is 5.76 Å². The molecule has 0 atom stereocenters. The average molecular weight is 261 g/mol. The molecule has 1 N–H and O–H groups in total. The van der Waals surface area contributed by atoms with Gasteiger partial charge < -0.3 is 19.2 Å². The van der Waals surface area contributed by atoms with Crippen LogP contribution in [-0.2, 0) is 16.0 Å². The Morgan fingerprint density at radius 3 is 2.79 bits per heavy atom. The lowest BCUT2D eigenvalue weighted by atomic mass is 10.2. The zero-order valence-corrected chi connectivity index (χ0v) is 10.5. The number of hydrogen-bond donors (Lipinski definition) is 1. The first kappa shape index (κ1) is 12.0. The quantitative estimate of drug-likeness (QED) is 0.914. The molecule has 1 saturated heterocycles. The molecular weight excluding hydrogens is 246 g/mol. The van der Waals surface area contributed by atoms with Gasteiger partial charge in [-0.05, 0) is 18.2 Å². The second-order valence-corrected chi connectivity index (χ2v) is 4.60. The molecule has 3 rings (SSSR count). The number of fused-ring (bicyclic) bond motifs is 1. The molecule has 1 aromatic heterocycles. The maximum absolute atomic E-state index is 10.7. The van der Waals surface area contributed by atoms with Crippen LogP contribution in [-0.4, -0.2) is 37.4 Å². The van der Waals surface area contributed by atoms with Crippen molar-refractivity contribution in [1.29, 1.82) is 0 Å². The van der Waals surface area contributed by atoms with Crippen molar-refractivity contribution in [2.45, 2.75) is 6.42 Å². The highest BCUT2D eigenvalue weighted by atomic mass is 16.5. The fraction of sp³-hybridized carbons (Fsp3) is 0.357. The van der Waals surface area contributed by atoms with Crippen molar-refractivity contribution in [3.05, 3.63) is 30.0 Å². The molecule has 0 unspecified atom stereocenters. The molecule has 0 radical (unpaired) electrons. The Balaban J connectivity index is 1.89. The van der Waals surface area contributed by atoms with Gasteiger partial charge in [-0.15, -0.1) is 0 Å². The second-order valence-electron chi connectivity index (χ2n) is 4.60. The molecule has 2 heterocycles. The van der Waals surface area contributed by atoms with E-state index in [-0.39, 0.29) is 6.42 Å². The molecule has 5 nitrogen and oxygen atoms in total. The van der Waals surface area contributed by atoms with Crippen LogP contribution in [0.2, 0.25) is 0 Å². The van der Waals surface area contributed by atoms with Crippen molar-refractivity contribution in [3.63, 3.8) is 0 Å². The third-order valence-corrected chi connectivity index (χ3v) is 3.26. The molecule has 5 heteroatoms. The van der Waals surface area contributed by atoms with Crippen molar-refractivity contribution in [2.75, 3.05) is 31.2 Å². The Morgan fingerprint density at radius 1 is 1.26 bits per heavy atom. The molecule has 0 aliphatic carbocycles. The van der Waals surface area contributed by atoms with E-state index in [0.717, 1.165) is 43.0 Å². The summed E-state index contributed by atoms with van der Waals surface area (Å²) in [7, 11) is 0. The number of furan rings is 1. The smallest absolute Gasteiger partial charge is 0.311 e. The van der Waals surface area contributed by atoms with E-state index in [1.54, 1.807) is 6.07 Å². The molecule has 0 spiro atoms. The Bertz CT molecular complexity index is 599. The molecule has 1 aliphatic heterocycles. The third kappa shape index (κ3) is 2.56. The molecule has 2 aromatic rings. The molecule has 100 valence electrons. The van der Waals surface area contributed by atoms with Crippen LogP contribution < -0.4 is 4.90 Å². The lowest BCUT2D eigenvalue weighted by Gasteiger charge is -2.28. The van der Waals surface area contributed by atoms with Crippen molar-refractivity contribution < 1.29 is 19.1 Å². The Labute approximate surface area is 110 Å². The zero-order valence-electron chi connectivity index (χ0n) is 10.5. The van der Waals surface area contributed by atoms with Gasteiger partial charge in [-0.2, -0.15) is 0 Å². The van der Waals surface area contributed by atoms with Crippen LogP contribution in [0, 0.1) is 0 Å². The molecule has 1 aromatic carbocycles. The predicted octanol–water partition coefficient (Wildman–Crippen LogP) is 1.90. The summed E-state index contributed by atoms with van der Waals surface area (Å²) < 4.78 is 10.9. The Kier molecular flexibility index (Phi) is 3.13. The summed E-state index contributed by atoms with van der Waals surface area (Å²) in [6.45, 7) is 3.21. The highest BCUT2D eigenvalue weighted by Crippen LogP contribution is 2.26. The van der Waals surface area contributed by atoms with Crippen molar-refractivity contribution in [1.82, 2.24) is 0 Å². The standard InChI is InChI=1S/C14H15NO4/c16-14(17)9-12-7-10-1-2-11(8-13(10)19-12)15-3-5-18-6-4-15/h1-2,7-8H,3-6,9H2,(H,16,17). The van der Waals surface area contributed by atoms with E-state index in [9.17, 15) is 4.79 Å². The molecule has 19 heavy (non-hydrogen) atoms. The van der Waals surface area contributed by atoms with Gasteiger partial charge >= 0.3 is 5.97 Å². The highest BCUT2D eigenvalue weighted by Gasteiger charge is 2.13. The maximum atomic E-state index is 10.7. The number of aliphatic carboxylic acids is 1. The summed E-state index contributed by atoms with van der Waals surface area (Å²) in [6.07, 6.45) is -0.0818. The minimum atomic E-state index is -0.882. The summed E-state index contributed by atoms with van der Waals surface area (Å²) in [6, 6.07) is 7.75. The SMILES string of the molecule is O=C(O)Cc1cc2ccc(N3CCOCC3)cc2o1. The summed E-state index contributed by atoms with van der Waals surface area (Å²) in [5.74, 6) is -0.394. The van der Waals surface area contributed by atoms with E-state index < -0.39 is 5.97 Å². The van der Waals surface area contributed by atoms with Gasteiger partial charge in [-0.1, -0.05) is 0 Å². The number of morpholine rings is 1. The van der Waals surface area contributed by atoms with Crippen LogP contribution in [0.15, 0.2) is 28.7 Å². The molecule has 1 fully saturated rings. The number of rotatable bonds is 3. The first-order valence-electron chi connectivity index (χ1n) is 6.29. The minimum absolute atomic E-state index is 0.0818. The van der Waals surface area contributed by atoms with Crippen molar-refractivity contribution >= 4 is 22.6 Å². The lowest BCUT2D eigenvalue weighted by Crippen LogP contribution is -2.36. The number of benzene rings is 1. The van der Waals surface area contributed by atoms with Gasteiger partial charge in [-0.3, -0.25) is 4.79 Å². The van der Waals surface area contributed by atoms with Gasteiger partial charge in [0.05, 0.1) is 13.2 Å². The van der Waals surface area contributed by atoms with Crippen molar-refractivity contribution in [2.24, 2.45) is 0 Å². The highest BCUT2D eigenvalue weighted by molar-refractivity contribution is 5.83. The van der Waals surface area contributed by atoms with Crippen molar-refractivity contribution in [3.8, 4) is 0 Å². The van der Waals surface area contributed by atoms with Gasteiger partial charge in [0.25, 0.3) is 0 Å². The maximum Gasteiger partial charge on any atom is 0.311 e. The van der Waals surface area contributed by atoms with Gasteiger partial charge in [0.1, 0.15) is 17.8 Å². The number of carbonyl (C=O) groups is 1. The van der Waals surface area contributed by atoms with Crippen LogP contribution >= 0.6 is 0 Å². The number of anilines is 1. The van der Waals surface area contributed by atoms with Gasteiger partial charge in [0, 0.05) is 30.2 Å². The van der Waals surface area contributed by atoms with Crippen LogP contribution in [0.25, 0.3) is 11.0 Å². The summed E-state index contributed by atoms with van der Waals surface area (Å²) in [4.78, 5) is 12.9. The van der Waals surface area contributed by atoms with E-state index in [4.69, 9.17) is 14.3 Å². The summed E-state index contributed by atoms with van der Waals surface area (Å²) in [5, 5.41) is 9.71. The van der Waals surface area contributed by atoms with Crippen LogP contribution in [0.1, 0.15) is 5.76 Å². The molecule has 0 amide bonds. The molecular formula is C14H15NO4. The largest absolute Gasteiger partial charge is 0.481 e. The van der Waals surface area contributed by atoms with E-state index in [2.05, 4.69) is 4.90 Å². The van der Waals surface area contributed by atoms with Crippen LogP contribution in [0.5, 0.6) is 0 Å². The number of ether oxygens (including phenoxy) is 1. The third-order valence-electron chi connectivity index (χ3n) is 3.26. The monoisotopic (exact) mass is 261 g/mol. The topological polar surface area (TPSA) is 62.9 Å². The van der Waals surface area contributed by atoms with Gasteiger partial charge in [0.15, 0.2) is 0 Å². The Hall–Kier alpha value is -2.01. The van der Waals surface area contributed by atoms with Gasteiger partial charge in [-0.25, -0.2) is 0 Å². The fourth-order valence-electron chi connectivity index (χ4n) is 2.33. The van der Waals surface area contributed by atoms with Crippen LogP contribution in [0.4, 0.5) is 5.69 Å².